The topological polar surface area (TPSA) is 51.2 Å². The first-order valence-electron chi connectivity index (χ1n) is 6.79. The SMILES string of the molecule is CCc1cncc([C@@H](CC)NC(=O)OC(C)(C)C)c1. The number of rotatable bonds is 4. The zero-order valence-electron chi connectivity index (χ0n) is 12.5. The van der Waals surface area contributed by atoms with Gasteiger partial charge in [0.1, 0.15) is 5.60 Å². The van der Waals surface area contributed by atoms with Gasteiger partial charge in [0.2, 0.25) is 0 Å². The van der Waals surface area contributed by atoms with E-state index in [-0.39, 0.29) is 12.1 Å². The summed E-state index contributed by atoms with van der Waals surface area (Å²) in [5.74, 6) is 0. The molecule has 0 saturated carbocycles. The second-order valence-corrected chi connectivity index (χ2v) is 5.59. The molecule has 1 aromatic heterocycles. The van der Waals surface area contributed by atoms with Gasteiger partial charge < -0.3 is 10.1 Å². The van der Waals surface area contributed by atoms with Crippen molar-refractivity contribution in [3.8, 4) is 0 Å². The van der Waals surface area contributed by atoms with E-state index >= 15 is 0 Å². The van der Waals surface area contributed by atoms with E-state index in [1.54, 1.807) is 6.20 Å². The Labute approximate surface area is 115 Å². The van der Waals surface area contributed by atoms with E-state index in [1.807, 2.05) is 33.9 Å². The number of carbonyl (C=O) groups is 1. The number of pyridine rings is 1. The molecule has 0 radical (unpaired) electrons. The highest BCUT2D eigenvalue weighted by Gasteiger charge is 2.19. The van der Waals surface area contributed by atoms with E-state index in [0.717, 1.165) is 18.4 Å². The molecule has 0 bridgehead atoms. The first-order chi connectivity index (χ1) is 8.85. The number of carbonyl (C=O) groups excluding carboxylic acids is 1. The number of ether oxygens (including phenoxy) is 1. The molecule has 0 aliphatic carbocycles. The molecule has 0 aromatic carbocycles. The molecule has 1 atom stereocenters. The van der Waals surface area contributed by atoms with E-state index in [4.69, 9.17) is 4.74 Å². The smallest absolute Gasteiger partial charge is 0.408 e. The van der Waals surface area contributed by atoms with Crippen LogP contribution in [0.3, 0.4) is 0 Å². The summed E-state index contributed by atoms with van der Waals surface area (Å²) in [5.41, 5.74) is 1.71. The first-order valence-corrected chi connectivity index (χ1v) is 6.79. The van der Waals surface area contributed by atoms with Crippen LogP contribution in [0.15, 0.2) is 18.5 Å². The summed E-state index contributed by atoms with van der Waals surface area (Å²) in [7, 11) is 0. The van der Waals surface area contributed by atoms with Crippen LogP contribution in [0, 0.1) is 0 Å². The largest absolute Gasteiger partial charge is 0.444 e. The average Bonchev–Trinajstić information content (AvgIpc) is 2.34. The number of nitrogens with one attached hydrogen (secondary N) is 1. The van der Waals surface area contributed by atoms with Crippen molar-refractivity contribution in [2.45, 2.75) is 59.1 Å². The Bertz CT molecular complexity index is 424. The average molecular weight is 264 g/mol. The minimum Gasteiger partial charge on any atom is -0.444 e. The highest BCUT2D eigenvalue weighted by atomic mass is 16.6. The molecule has 106 valence electrons. The van der Waals surface area contributed by atoms with Gasteiger partial charge in [-0.2, -0.15) is 0 Å². The van der Waals surface area contributed by atoms with Crippen LogP contribution >= 0.6 is 0 Å². The maximum absolute atomic E-state index is 11.8. The molecule has 1 rings (SSSR count). The summed E-state index contributed by atoms with van der Waals surface area (Å²) in [6, 6.07) is 2.02. The number of aryl methyl sites for hydroxylation is 1. The van der Waals surface area contributed by atoms with Gasteiger partial charge in [0, 0.05) is 12.4 Å². The van der Waals surface area contributed by atoms with Gasteiger partial charge in [-0.05, 0) is 44.7 Å². The third kappa shape index (κ3) is 5.28. The van der Waals surface area contributed by atoms with Gasteiger partial charge in [0.15, 0.2) is 0 Å². The van der Waals surface area contributed by atoms with Crippen molar-refractivity contribution in [3.05, 3.63) is 29.6 Å². The number of hydrogen-bond donors (Lipinski definition) is 1. The number of nitrogens with zero attached hydrogens (tertiary/aromatic N) is 1. The van der Waals surface area contributed by atoms with Crippen LogP contribution in [-0.2, 0) is 11.2 Å². The first kappa shape index (κ1) is 15.5. The number of alkyl carbamates (subject to hydrolysis) is 1. The molecule has 19 heavy (non-hydrogen) atoms. The van der Waals surface area contributed by atoms with Crippen molar-refractivity contribution in [2.75, 3.05) is 0 Å². The lowest BCUT2D eigenvalue weighted by molar-refractivity contribution is 0.0502. The molecule has 0 unspecified atom stereocenters. The van der Waals surface area contributed by atoms with Gasteiger partial charge in [-0.25, -0.2) is 4.79 Å². The highest BCUT2D eigenvalue weighted by Crippen LogP contribution is 2.18. The second-order valence-electron chi connectivity index (χ2n) is 5.59. The zero-order valence-corrected chi connectivity index (χ0v) is 12.5. The summed E-state index contributed by atoms with van der Waals surface area (Å²) in [6.07, 6.45) is 4.99. The molecule has 4 heteroatoms. The van der Waals surface area contributed by atoms with Gasteiger partial charge in [-0.3, -0.25) is 4.98 Å². The van der Waals surface area contributed by atoms with Crippen LogP contribution in [0.2, 0.25) is 0 Å². The normalized spacial score (nSPS) is 12.9. The molecule has 1 N–H and O–H groups in total. The van der Waals surface area contributed by atoms with Crippen LogP contribution in [0.5, 0.6) is 0 Å². The third-order valence-corrected chi connectivity index (χ3v) is 2.73. The molecule has 1 amide bonds. The van der Waals surface area contributed by atoms with Crippen LogP contribution in [-0.4, -0.2) is 16.7 Å². The number of aromatic nitrogens is 1. The Balaban J connectivity index is 2.75. The third-order valence-electron chi connectivity index (χ3n) is 2.73. The van der Waals surface area contributed by atoms with Crippen molar-refractivity contribution >= 4 is 6.09 Å². The van der Waals surface area contributed by atoms with Crippen LogP contribution in [0.4, 0.5) is 4.79 Å². The fourth-order valence-corrected chi connectivity index (χ4v) is 1.76. The van der Waals surface area contributed by atoms with Gasteiger partial charge in [0.25, 0.3) is 0 Å². The summed E-state index contributed by atoms with van der Waals surface area (Å²) < 4.78 is 5.28. The molecular formula is C15H24N2O2. The van der Waals surface area contributed by atoms with Gasteiger partial charge in [0.05, 0.1) is 6.04 Å². The van der Waals surface area contributed by atoms with Crippen LogP contribution in [0.1, 0.15) is 58.2 Å². The monoisotopic (exact) mass is 264 g/mol. The molecule has 0 aliphatic rings. The molecular weight excluding hydrogens is 240 g/mol. The van der Waals surface area contributed by atoms with Crippen LogP contribution in [0.25, 0.3) is 0 Å². The molecule has 0 fully saturated rings. The Morgan fingerprint density at radius 1 is 1.37 bits per heavy atom. The molecule has 0 aliphatic heterocycles. The predicted molar refractivity (Wildman–Crippen MR) is 76.0 cm³/mol. The Hall–Kier alpha value is -1.58. The van der Waals surface area contributed by atoms with E-state index in [9.17, 15) is 4.79 Å². The molecule has 0 saturated heterocycles. The van der Waals surface area contributed by atoms with Crippen LogP contribution < -0.4 is 5.32 Å². The highest BCUT2D eigenvalue weighted by molar-refractivity contribution is 5.68. The number of amides is 1. The Morgan fingerprint density at radius 2 is 2.05 bits per heavy atom. The van der Waals surface area contributed by atoms with E-state index in [0.29, 0.717) is 0 Å². The van der Waals surface area contributed by atoms with E-state index in [2.05, 4.69) is 23.3 Å². The lowest BCUT2D eigenvalue weighted by atomic mass is 10.0. The number of hydrogen-bond acceptors (Lipinski definition) is 3. The van der Waals surface area contributed by atoms with Gasteiger partial charge in [-0.15, -0.1) is 0 Å². The van der Waals surface area contributed by atoms with Gasteiger partial charge >= 0.3 is 6.09 Å². The van der Waals surface area contributed by atoms with Crippen molar-refractivity contribution in [1.29, 1.82) is 0 Å². The predicted octanol–water partition coefficient (Wildman–Crippen LogP) is 3.62. The molecule has 0 spiro atoms. The molecule has 1 aromatic rings. The summed E-state index contributed by atoms with van der Waals surface area (Å²) in [4.78, 5) is 16.0. The minimum absolute atomic E-state index is 0.0613. The maximum Gasteiger partial charge on any atom is 0.408 e. The quantitative estimate of drug-likeness (QED) is 0.903. The Morgan fingerprint density at radius 3 is 2.58 bits per heavy atom. The van der Waals surface area contributed by atoms with Gasteiger partial charge in [-0.1, -0.05) is 19.9 Å². The van der Waals surface area contributed by atoms with E-state index in [1.165, 1.54) is 5.56 Å². The second kappa shape index (κ2) is 6.55. The summed E-state index contributed by atoms with van der Waals surface area (Å²) >= 11 is 0. The molecule has 1 heterocycles. The summed E-state index contributed by atoms with van der Waals surface area (Å²) in [5, 5.41) is 2.89. The standard InChI is InChI=1S/C15H24N2O2/c1-6-11-8-12(10-16-9-11)13(7-2)17-14(18)19-15(3,4)5/h8-10,13H,6-7H2,1-5H3,(H,17,18)/t13-/m1/s1. The van der Waals surface area contributed by atoms with E-state index < -0.39 is 5.60 Å². The van der Waals surface area contributed by atoms with Crippen molar-refractivity contribution in [3.63, 3.8) is 0 Å². The lowest BCUT2D eigenvalue weighted by Crippen LogP contribution is -2.34. The Kier molecular flexibility index (Phi) is 5.33. The van der Waals surface area contributed by atoms with Crippen molar-refractivity contribution in [2.24, 2.45) is 0 Å². The van der Waals surface area contributed by atoms with Crippen molar-refractivity contribution in [1.82, 2.24) is 10.3 Å². The zero-order chi connectivity index (χ0) is 14.5. The molecule has 4 nitrogen and oxygen atoms in total. The van der Waals surface area contributed by atoms with Crippen molar-refractivity contribution < 1.29 is 9.53 Å². The minimum atomic E-state index is -0.480. The fraction of sp³-hybridized carbons (Fsp3) is 0.600. The maximum atomic E-state index is 11.8. The lowest BCUT2D eigenvalue weighted by Gasteiger charge is -2.23. The fourth-order valence-electron chi connectivity index (χ4n) is 1.76. The summed E-state index contributed by atoms with van der Waals surface area (Å²) in [6.45, 7) is 9.68.